The SMILES string of the molecule is COC1(C)CCCN(c2nc3ncccc3cc2C#N)CC1. The van der Waals surface area contributed by atoms with E-state index in [-0.39, 0.29) is 5.60 Å². The van der Waals surface area contributed by atoms with Gasteiger partial charge in [0, 0.05) is 31.8 Å². The van der Waals surface area contributed by atoms with Gasteiger partial charge in [0.2, 0.25) is 0 Å². The first-order chi connectivity index (χ1) is 10.6. The standard InChI is InChI=1S/C17H20N4O/c1-17(22-2)6-4-9-21(10-7-17)16-14(12-18)11-13-5-3-8-19-15(13)20-16/h3,5,8,11H,4,6-7,9-10H2,1-2H3. The van der Waals surface area contributed by atoms with Gasteiger partial charge in [-0.3, -0.25) is 0 Å². The maximum atomic E-state index is 9.47. The van der Waals surface area contributed by atoms with E-state index in [4.69, 9.17) is 4.74 Å². The molecule has 0 aliphatic carbocycles. The van der Waals surface area contributed by atoms with E-state index < -0.39 is 0 Å². The Morgan fingerprint density at radius 3 is 3.00 bits per heavy atom. The fourth-order valence-electron chi connectivity index (χ4n) is 2.99. The van der Waals surface area contributed by atoms with E-state index in [1.807, 2.05) is 18.2 Å². The largest absolute Gasteiger partial charge is 0.378 e. The molecule has 114 valence electrons. The van der Waals surface area contributed by atoms with E-state index in [9.17, 15) is 5.26 Å². The molecule has 0 aromatic carbocycles. The fourth-order valence-corrected chi connectivity index (χ4v) is 2.99. The molecule has 1 unspecified atom stereocenters. The molecule has 0 spiro atoms. The van der Waals surface area contributed by atoms with Crippen LogP contribution >= 0.6 is 0 Å². The molecule has 1 fully saturated rings. The monoisotopic (exact) mass is 296 g/mol. The van der Waals surface area contributed by atoms with Crippen molar-refractivity contribution in [1.29, 1.82) is 5.26 Å². The van der Waals surface area contributed by atoms with Crippen molar-refractivity contribution < 1.29 is 4.74 Å². The Balaban J connectivity index is 1.97. The fraction of sp³-hybridized carbons (Fsp3) is 0.471. The Morgan fingerprint density at radius 2 is 2.23 bits per heavy atom. The number of rotatable bonds is 2. The van der Waals surface area contributed by atoms with Crippen LogP contribution in [0.3, 0.4) is 0 Å². The van der Waals surface area contributed by atoms with Crippen LogP contribution in [0.5, 0.6) is 0 Å². The van der Waals surface area contributed by atoms with Gasteiger partial charge in [-0.15, -0.1) is 0 Å². The van der Waals surface area contributed by atoms with Crippen molar-refractivity contribution in [2.75, 3.05) is 25.1 Å². The predicted molar refractivity (Wildman–Crippen MR) is 85.7 cm³/mol. The summed E-state index contributed by atoms with van der Waals surface area (Å²) < 4.78 is 5.65. The Hall–Kier alpha value is -2.19. The number of methoxy groups -OCH3 is 1. The molecule has 1 saturated heterocycles. The highest BCUT2D eigenvalue weighted by atomic mass is 16.5. The molecule has 5 nitrogen and oxygen atoms in total. The van der Waals surface area contributed by atoms with Crippen LogP contribution in [-0.2, 0) is 4.74 Å². The summed E-state index contributed by atoms with van der Waals surface area (Å²) in [5, 5.41) is 10.4. The van der Waals surface area contributed by atoms with Gasteiger partial charge in [-0.05, 0) is 44.4 Å². The van der Waals surface area contributed by atoms with Gasteiger partial charge >= 0.3 is 0 Å². The van der Waals surface area contributed by atoms with Crippen molar-refractivity contribution >= 4 is 16.9 Å². The van der Waals surface area contributed by atoms with Crippen LogP contribution in [-0.4, -0.2) is 35.8 Å². The van der Waals surface area contributed by atoms with Crippen molar-refractivity contribution in [2.45, 2.75) is 31.8 Å². The highest BCUT2D eigenvalue weighted by Gasteiger charge is 2.28. The number of anilines is 1. The smallest absolute Gasteiger partial charge is 0.161 e. The van der Waals surface area contributed by atoms with Gasteiger partial charge in [0.25, 0.3) is 0 Å². The van der Waals surface area contributed by atoms with Gasteiger partial charge in [0.05, 0.1) is 11.2 Å². The second-order valence-electron chi connectivity index (χ2n) is 6.02. The summed E-state index contributed by atoms with van der Waals surface area (Å²) in [5.74, 6) is 0.744. The maximum Gasteiger partial charge on any atom is 0.161 e. The Bertz CT molecular complexity index is 724. The Labute approximate surface area is 130 Å². The number of hydrogen-bond acceptors (Lipinski definition) is 5. The predicted octanol–water partition coefficient (Wildman–Crippen LogP) is 2.90. The van der Waals surface area contributed by atoms with Crippen molar-refractivity contribution in [3.8, 4) is 6.07 Å². The van der Waals surface area contributed by atoms with Crippen LogP contribution < -0.4 is 4.90 Å². The molecular formula is C17H20N4O. The Morgan fingerprint density at radius 1 is 1.36 bits per heavy atom. The molecule has 3 rings (SSSR count). The topological polar surface area (TPSA) is 62.0 Å². The zero-order valence-corrected chi connectivity index (χ0v) is 13.0. The minimum atomic E-state index is -0.0867. The molecular weight excluding hydrogens is 276 g/mol. The molecule has 0 amide bonds. The van der Waals surface area contributed by atoms with E-state index in [1.54, 1.807) is 13.3 Å². The zero-order valence-electron chi connectivity index (χ0n) is 13.0. The molecule has 0 bridgehead atoms. The first-order valence-corrected chi connectivity index (χ1v) is 7.61. The lowest BCUT2D eigenvalue weighted by molar-refractivity contribution is -0.00330. The molecule has 1 aliphatic rings. The molecule has 2 aromatic heterocycles. The van der Waals surface area contributed by atoms with Gasteiger partial charge in [0.1, 0.15) is 11.9 Å². The third-order valence-corrected chi connectivity index (χ3v) is 4.53. The average Bonchev–Trinajstić information content (AvgIpc) is 2.76. The van der Waals surface area contributed by atoms with E-state index in [0.29, 0.717) is 11.2 Å². The molecule has 5 heteroatoms. The summed E-state index contributed by atoms with van der Waals surface area (Å²) in [7, 11) is 1.77. The number of nitrogens with zero attached hydrogens (tertiary/aromatic N) is 4. The third-order valence-electron chi connectivity index (χ3n) is 4.53. The lowest BCUT2D eigenvalue weighted by Crippen LogP contribution is -2.30. The number of nitriles is 1. The summed E-state index contributed by atoms with van der Waals surface area (Å²) in [4.78, 5) is 11.1. The van der Waals surface area contributed by atoms with Crippen molar-refractivity contribution in [3.05, 3.63) is 30.0 Å². The lowest BCUT2D eigenvalue weighted by Gasteiger charge is -2.27. The number of pyridine rings is 2. The normalized spacial score (nSPS) is 22.3. The van der Waals surface area contributed by atoms with Crippen LogP contribution in [0.25, 0.3) is 11.0 Å². The first kappa shape index (κ1) is 14.7. The van der Waals surface area contributed by atoms with Crippen molar-refractivity contribution in [2.24, 2.45) is 0 Å². The molecule has 1 atom stereocenters. The average molecular weight is 296 g/mol. The van der Waals surface area contributed by atoms with Crippen LogP contribution in [0.4, 0.5) is 5.82 Å². The summed E-state index contributed by atoms with van der Waals surface area (Å²) in [6, 6.07) is 7.95. The van der Waals surface area contributed by atoms with Crippen LogP contribution in [0.1, 0.15) is 31.7 Å². The second kappa shape index (κ2) is 5.90. The van der Waals surface area contributed by atoms with Crippen LogP contribution in [0.2, 0.25) is 0 Å². The lowest BCUT2D eigenvalue weighted by atomic mass is 9.97. The summed E-state index contributed by atoms with van der Waals surface area (Å²) >= 11 is 0. The molecule has 0 N–H and O–H groups in total. The Kier molecular flexibility index (Phi) is 3.95. The molecule has 0 saturated carbocycles. The van der Waals surface area contributed by atoms with Gasteiger partial charge < -0.3 is 9.64 Å². The van der Waals surface area contributed by atoms with E-state index >= 15 is 0 Å². The summed E-state index contributed by atoms with van der Waals surface area (Å²) in [5.41, 5.74) is 1.22. The van der Waals surface area contributed by atoms with Crippen LogP contribution in [0.15, 0.2) is 24.4 Å². The second-order valence-corrected chi connectivity index (χ2v) is 6.02. The number of hydrogen-bond donors (Lipinski definition) is 0. The highest BCUT2D eigenvalue weighted by Crippen LogP contribution is 2.29. The third kappa shape index (κ3) is 2.75. The van der Waals surface area contributed by atoms with Gasteiger partial charge in [-0.1, -0.05) is 0 Å². The minimum absolute atomic E-state index is 0.0867. The number of aromatic nitrogens is 2. The van der Waals surface area contributed by atoms with Crippen molar-refractivity contribution in [1.82, 2.24) is 9.97 Å². The maximum absolute atomic E-state index is 9.47. The van der Waals surface area contributed by atoms with E-state index in [0.717, 1.165) is 43.6 Å². The van der Waals surface area contributed by atoms with Gasteiger partial charge in [-0.2, -0.15) is 5.26 Å². The highest BCUT2D eigenvalue weighted by molar-refractivity contribution is 5.79. The van der Waals surface area contributed by atoms with Gasteiger partial charge in [-0.25, -0.2) is 9.97 Å². The quantitative estimate of drug-likeness (QED) is 0.852. The van der Waals surface area contributed by atoms with Crippen LogP contribution in [0, 0.1) is 11.3 Å². The zero-order chi connectivity index (χ0) is 15.6. The minimum Gasteiger partial charge on any atom is -0.378 e. The molecule has 0 radical (unpaired) electrons. The molecule has 1 aliphatic heterocycles. The molecule has 2 aromatic rings. The number of fused-ring (bicyclic) bond motifs is 1. The molecule has 3 heterocycles. The first-order valence-electron chi connectivity index (χ1n) is 7.61. The number of ether oxygens (including phenoxy) is 1. The summed E-state index contributed by atoms with van der Waals surface area (Å²) in [6.45, 7) is 3.88. The summed E-state index contributed by atoms with van der Waals surface area (Å²) in [6.07, 6.45) is 4.71. The van der Waals surface area contributed by atoms with E-state index in [1.165, 1.54) is 0 Å². The molecule has 22 heavy (non-hydrogen) atoms. The van der Waals surface area contributed by atoms with Gasteiger partial charge in [0.15, 0.2) is 5.65 Å². The van der Waals surface area contributed by atoms with E-state index in [2.05, 4.69) is 27.9 Å². The van der Waals surface area contributed by atoms with Crippen molar-refractivity contribution in [3.63, 3.8) is 0 Å².